The van der Waals surface area contributed by atoms with E-state index in [1.165, 1.54) is 4.90 Å². The van der Waals surface area contributed by atoms with Gasteiger partial charge < -0.3 is 15.4 Å². The minimum atomic E-state index is -4.72. The van der Waals surface area contributed by atoms with Crippen molar-refractivity contribution in [2.45, 2.75) is 58.6 Å². The van der Waals surface area contributed by atoms with Crippen LogP contribution in [0.3, 0.4) is 0 Å². The molecule has 3 heterocycles. The number of halogens is 3. The molecular weight excluding hydrogens is 591 g/mol. The van der Waals surface area contributed by atoms with Crippen LogP contribution in [-0.4, -0.2) is 55.7 Å². The molecule has 2 N–H and O–H groups in total. The molecule has 11 nitrogen and oxygen atoms in total. The first kappa shape index (κ1) is 32.8. The summed E-state index contributed by atoms with van der Waals surface area (Å²) in [5.74, 6) is -0.613. The molecule has 5 rings (SSSR count). The van der Waals surface area contributed by atoms with Crippen molar-refractivity contribution in [3.63, 3.8) is 0 Å². The highest BCUT2D eigenvalue weighted by Gasteiger charge is 2.37. The van der Waals surface area contributed by atoms with Gasteiger partial charge >= 0.3 is 12.4 Å². The van der Waals surface area contributed by atoms with Gasteiger partial charge in [0.1, 0.15) is 23.2 Å². The zero-order chi connectivity index (χ0) is 32.8. The third kappa shape index (κ3) is 8.49. The summed E-state index contributed by atoms with van der Waals surface area (Å²) >= 11 is 0. The van der Waals surface area contributed by atoms with Crippen molar-refractivity contribution in [3.8, 4) is 5.69 Å². The number of nitrogens with one attached hydrogen (secondary N) is 2. The van der Waals surface area contributed by atoms with Crippen molar-refractivity contribution in [2.75, 3.05) is 11.4 Å². The van der Waals surface area contributed by atoms with Gasteiger partial charge in [-0.2, -0.15) is 14.9 Å². The molecule has 0 spiro atoms. The van der Waals surface area contributed by atoms with Gasteiger partial charge in [0.05, 0.1) is 11.9 Å². The first-order valence-electron chi connectivity index (χ1n) is 14.1. The van der Waals surface area contributed by atoms with E-state index in [1.54, 1.807) is 17.8 Å². The molecule has 14 heteroatoms. The summed E-state index contributed by atoms with van der Waals surface area (Å²) in [7, 11) is 0. The Balaban J connectivity index is 0.000000259. The molecule has 0 aliphatic carbocycles. The fourth-order valence-electron chi connectivity index (χ4n) is 4.49. The Morgan fingerprint density at radius 2 is 1.64 bits per heavy atom. The Kier molecular flexibility index (Phi) is 9.95. The SMILES string of the molecule is CC(C)(C)OC(=O)NCc1ccccc1.CCN1C(=O)C(NC(=O)c2ccn(C(F)(F)F)n2)Cc2cnn(-c3ccccc3)c21. The Morgan fingerprint density at radius 1 is 1.00 bits per heavy atom. The minimum absolute atomic E-state index is 0.170. The highest BCUT2D eigenvalue weighted by atomic mass is 19.4. The number of amides is 3. The van der Waals surface area contributed by atoms with Crippen LogP contribution >= 0.6 is 0 Å². The predicted molar refractivity (Wildman–Crippen MR) is 160 cm³/mol. The smallest absolute Gasteiger partial charge is 0.444 e. The van der Waals surface area contributed by atoms with Crippen molar-refractivity contribution in [1.29, 1.82) is 0 Å². The third-order valence-corrected chi connectivity index (χ3v) is 6.44. The van der Waals surface area contributed by atoms with Crippen LogP contribution < -0.4 is 15.5 Å². The number of carbonyl (C=O) groups is 3. The van der Waals surface area contributed by atoms with Crippen molar-refractivity contribution < 1.29 is 32.3 Å². The van der Waals surface area contributed by atoms with Gasteiger partial charge in [-0.05, 0) is 51.5 Å². The molecular formula is C31H34F3N7O4. The third-order valence-electron chi connectivity index (χ3n) is 6.44. The van der Waals surface area contributed by atoms with Gasteiger partial charge in [-0.1, -0.05) is 48.5 Å². The zero-order valence-corrected chi connectivity index (χ0v) is 25.2. The average Bonchev–Trinajstić information content (AvgIpc) is 3.66. The van der Waals surface area contributed by atoms with E-state index in [2.05, 4.69) is 20.8 Å². The number of alkyl halides is 3. The average molecular weight is 626 g/mol. The summed E-state index contributed by atoms with van der Waals surface area (Å²) in [6, 6.07) is 19.0. The van der Waals surface area contributed by atoms with Crippen LogP contribution in [0.4, 0.5) is 23.8 Å². The van der Waals surface area contributed by atoms with Crippen LogP contribution in [0.2, 0.25) is 0 Å². The molecule has 3 amide bonds. The van der Waals surface area contributed by atoms with Crippen molar-refractivity contribution >= 4 is 23.7 Å². The number of nitrogens with zero attached hydrogens (tertiary/aromatic N) is 5. The number of hydrogen-bond acceptors (Lipinski definition) is 6. The predicted octanol–water partition coefficient (Wildman–Crippen LogP) is 4.96. The quantitative estimate of drug-likeness (QED) is 0.312. The highest BCUT2D eigenvalue weighted by molar-refractivity contribution is 6.03. The van der Waals surface area contributed by atoms with Crippen LogP contribution in [0.1, 0.15) is 49.3 Å². The molecule has 0 saturated carbocycles. The van der Waals surface area contributed by atoms with E-state index in [0.29, 0.717) is 25.1 Å². The molecule has 4 aromatic rings. The molecule has 0 bridgehead atoms. The topological polar surface area (TPSA) is 123 Å². The Labute approximate surface area is 258 Å². The standard InChI is InChI=1S/C19H17F3N6O2.C12H17NO2/c1-2-26-17-12(11-23-28(17)13-6-4-3-5-7-13)10-15(18(26)30)24-16(29)14-8-9-27(25-14)19(20,21)22;1-12(2,3)15-11(14)13-9-10-7-5-4-6-8-10/h3-9,11,15H,2,10H2,1H3,(H,24,29);4-8H,9H2,1-3H3,(H,13,14). The lowest BCUT2D eigenvalue weighted by molar-refractivity contribution is -0.212. The van der Waals surface area contributed by atoms with Crippen LogP contribution in [0.15, 0.2) is 79.1 Å². The molecule has 2 aromatic carbocycles. The number of rotatable bonds is 6. The maximum Gasteiger partial charge on any atom is 0.504 e. The number of fused-ring (bicyclic) bond motifs is 1. The number of alkyl carbamates (subject to hydrolysis) is 1. The van der Waals surface area contributed by atoms with Gasteiger partial charge in [0, 0.05) is 31.3 Å². The van der Waals surface area contributed by atoms with E-state index < -0.39 is 29.5 Å². The number of aromatic nitrogens is 4. The van der Waals surface area contributed by atoms with Crippen molar-refractivity contribution in [1.82, 2.24) is 30.2 Å². The van der Waals surface area contributed by atoms with Crippen LogP contribution in [0.25, 0.3) is 5.69 Å². The largest absolute Gasteiger partial charge is 0.504 e. The van der Waals surface area contributed by atoms with Crippen LogP contribution in [-0.2, 0) is 28.8 Å². The highest BCUT2D eigenvalue weighted by Crippen LogP contribution is 2.30. The number of ether oxygens (including phenoxy) is 1. The number of carbonyl (C=O) groups excluding carboxylic acids is 3. The monoisotopic (exact) mass is 625 g/mol. The number of hydrogen-bond donors (Lipinski definition) is 2. The summed E-state index contributed by atoms with van der Waals surface area (Å²) < 4.78 is 44.6. The molecule has 45 heavy (non-hydrogen) atoms. The van der Waals surface area contributed by atoms with E-state index in [-0.39, 0.29) is 23.1 Å². The van der Waals surface area contributed by atoms with E-state index in [4.69, 9.17) is 4.74 Å². The first-order chi connectivity index (χ1) is 21.3. The normalized spacial score (nSPS) is 14.6. The van der Waals surface area contributed by atoms with Crippen molar-refractivity contribution in [3.05, 3.63) is 95.9 Å². The summed E-state index contributed by atoms with van der Waals surface area (Å²) in [6.07, 6.45) is -2.67. The van der Waals surface area contributed by atoms with E-state index in [1.807, 2.05) is 81.4 Å². The van der Waals surface area contributed by atoms with Gasteiger partial charge in [-0.15, -0.1) is 13.2 Å². The second-order valence-electron chi connectivity index (χ2n) is 11.0. The molecule has 2 aromatic heterocycles. The van der Waals surface area contributed by atoms with Gasteiger partial charge in [0.15, 0.2) is 0 Å². The van der Waals surface area contributed by atoms with Gasteiger partial charge in [0.2, 0.25) is 0 Å². The molecule has 1 aliphatic heterocycles. The number of anilines is 1. The lowest BCUT2D eigenvalue weighted by Gasteiger charge is -2.32. The van der Waals surface area contributed by atoms with E-state index in [9.17, 15) is 27.6 Å². The lowest BCUT2D eigenvalue weighted by atomic mass is 10.0. The lowest BCUT2D eigenvalue weighted by Crippen LogP contribution is -2.53. The summed E-state index contributed by atoms with van der Waals surface area (Å²) in [4.78, 5) is 38.2. The van der Waals surface area contributed by atoms with Gasteiger partial charge in [-0.25, -0.2) is 9.48 Å². The van der Waals surface area contributed by atoms with Gasteiger partial charge in [-0.3, -0.25) is 14.5 Å². The maximum absolute atomic E-state index is 13.0. The van der Waals surface area contributed by atoms with E-state index >= 15 is 0 Å². The second-order valence-corrected chi connectivity index (χ2v) is 11.0. The van der Waals surface area contributed by atoms with Crippen LogP contribution in [0, 0.1) is 0 Å². The summed E-state index contributed by atoms with van der Waals surface area (Å²) in [5, 5.41) is 12.8. The molecule has 0 saturated heterocycles. The molecule has 0 fully saturated rings. The van der Waals surface area contributed by atoms with Crippen LogP contribution in [0.5, 0.6) is 0 Å². The number of likely N-dealkylation sites (N-methyl/N-ethyl adjacent to an activating group) is 1. The fraction of sp³-hybridized carbons (Fsp3) is 0.323. The molecule has 1 aliphatic rings. The minimum Gasteiger partial charge on any atom is -0.444 e. The second kappa shape index (κ2) is 13.7. The number of para-hydroxylation sites is 1. The Hall–Kier alpha value is -5.14. The first-order valence-corrected chi connectivity index (χ1v) is 14.1. The number of benzene rings is 2. The van der Waals surface area contributed by atoms with Crippen molar-refractivity contribution in [2.24, 2.45) is 0 Å². The zero-order valence-electron chi connectivity index (χ0n) is 25.2. The molecule has 1 unspecified atom stereocenters. The Morgan fingerprint density at radius 3 is 2.22 bits per heavy atom. The summed E-state index contributed by atoms with van der Waals surface area (Å²) in [5.41, 5.74) is 1.72. The van der Waals surface area contributed by atoms with E-state index in [0.717, 1.165) is 22.9 Å². The fourth-order valence-corrected chi connectivity index (χ4v) is 4.49. The summed E-state index contributed by atoms with van der Waals surface area (Å²) in [6.45, 7) is 8.15. The Bertz CT molecular complexity index is 1610. The molecule has 238 valence electrons. The molecule has 0 radical (unpaired) electrons. The maximum atomic E-state index is 13.0. The molecule has 1 atom stereocenters. The van der Waals surface area contributed by atoms with Gasteiger partial charge in [0.25, 0.3) is 11.8 Å².